The molecule has 0 aliphatic heterocycles. The Labute approximate surface area is 109 Å². The number of nitrogens with zero attached hydrogens (tertiary/aromatic N) is 1. The van der Waals surface area contributed by atoms with E-state index in [9.17, 15) is 9.59 Å². The maximum atomic E-state index is 11.9. The lowest BCUT2D eigenvalue weighted by Crippen LogP contribution is -2.35. The molecular formula is C13H25NO4. The number of carbonyl (C=O) groups excluding carboxylic acids is 2. The molecule has 0 spiro atoms. The van der Waals surface area contributed by atoms with E-state index in [0.29, 0.717) is 32.7 Å². The first-order chi connectivity index (χ1) is 8.65. The zero-order chi connectivity index (χ0) is 13.8. The molecule has 106 valence electrons. The summed E-state index contributed by atoms with van der Waals surface area (Å²) in [6.45, 7) is 5.61. The molecule has 5 nitrogen and oxygen atoms in total. The van der Waals surface area contributed by atoms with E-state index in [1.807, 2.05) is 6.92 Å². The predicted octanol–water partition coefficient (Wildman–Crippen LogP) is 1.60. The highest BCUT2D eigenvalue weighted by Gasteiger charge is 2.14. The van der Waals surface area contributed by atoms with Crippen molar-refractivity contribution in [2.75, 3.05) is 33.4 Å². The van der Waals surface area contributed by atoms with Crippen molar-refractivity contribution in [2.24, 2.45) is 0 Å². The molecule has 0 aromatic heterocycles. The topological polar surface area (TPSA) is 55.8 Å². The van der Waals surface area contributed by atoms with Gasteiger partial charge in [0.1, 0.15) is 0 Å². The number of unbranched alkanes of at least 4 members (excludes halogenated alkanes) is 1. The Bertz CT molecular complexity index is 243. The third kappa shape index (κ3) is 8.06. The Morgan fingerprint density at radius 1 is 1.11 bits per heavy atom. The summed E-state index contributed by atoms with van der Waals surface area (Å²) in [4.78, 5) is 24.8. The number of amides is 1. The van der Waals surface area contributed by atoms with Crippen LogP contribution in [0.15, 0.2) is 0 Å². The summed E-state index contributed by atoms with van der Waals surface area (Å²) in [5.41, 5.74) is 0. The van der Waals surface area contributed by atoms with Gasteiger partial charge >= 0.3 is 5.97 Å². The smallest absolute Gasteiger partial charge is 0.307 e. The third-order valence-electron chi connectivity index (χ3n) is 2.55. The lowest BCUT2D eigenvalue weighted by atomic mass is 10.2. The number of methoxy groups -OCH3 is 1. The highest BCUT2D eigenvalue weighted by atomic mass is 16.5. The molecule has 1 amide bonds. The minimum atomic E-state index is -0.261. The minimum absolute atomic E-state index is 0.0817. The Kier molecular flexibility index (Phi) is 10.3. The molecule has 0 unspecified atom stereocenters. The van der Waals surface area contributed by atoms with Gasteiger partial charge in [0, 0.05) is 26.6 Å². The van der Waals surface area contributed by atoms with Gasteiger partial charge in [-0.3, -0.25) is 9.59 Å². The van der Waals surface area contributed by atoms with Crippen molar-refractivity contribution in [3.63, 3.8) is 0 Å². The van der Waals surface area contributed by atoms with Crippen molar-refractivity contribution in [2.45, 2.75) is 39.5 Å². The molecule has 0 atom stereocenters. The van der Waals surface area contributed by atoms with Crippen LogP contribution in [0.4, 0.5) is 0 Å². The maximum Gasteiger partial charge on any atom is 0.307 e. The summed E-state index contributed by atoms with van der Waals surface area (Å²) in [5.74, 6) is -0.179. The molecule has 0 fully saturated rings. The molecule has 0 aliphatic carbocycles. The van der Waals surface area contributed by atoms with Crippen molar-refractivity contribution in [3.05, 3.63) is 0 Å². The van der Waals surface area contributed by atoms with Gasteiger partial charge in [-0.1, -0.05) is 13.3 Å². The SMILES string of the molecule is CCCCC(=O)N(CCOC)CCC(=O)OCC. The van der Waals surface area contributed by atoms with E-state index in [-0.39, 0.29) is 18.3 Å². The zero-order valence-corrected chi connectivity index (χ0v) is 11.7. The Hall–Kier alpha value is -1.10. The quantitative estimate of drug-likeness (QED) is 0.559. The Balaban J connectivity index is 4.12. The highest BCUT2D eigenvalue weighted by molar-refractivity contribution is 5.77. The predicted molar refractivity (Wildman–Crippen MR) is 69.2 cm³/mol. The lowest BCUT2D eigenvalue weighted by molar-refractivity contribution is -0.144. The summed E-state index contributed by atoms with van der Waals surface area (Å²) < 4.78 is 9.82. The van der Waals surface area contributed by atoms with Gasteiger partial charge in [-0.15, -0.1) is 0 Å². The van der Waals surface area contributed by atoms with Crippen LogP contribution in [0.2, 0.25) is 0 Å². The van der Waals surface area contributed by atoms with Crippen LogP contribution in [0.25, 0.3) is 0 Å². The van der Waals surface area contributed by atoms with Crippen LogP contribution in [-0.4, -0.2) is 50.2 Å². The molecule has 0 N–H and O–H groups in total. The molecule has 0 saturated carbocycles. The van der Waals surface area contributed by atoms with Crippen LogP contribution >= 0.6 is 0 Å². The normalized spacial score (nSPS) is 10.2. The van der Waals surface area contributed by atoms with Crippen LogP contribution in [0, 0.1) is 0 Å². The first-order valence-corrected chi connectivity index (χ1v) is 6.58. The molecule has 5 heteroatoms. The summed E-state index contributed by atoms with van der Waals surface area (Å²) in [6.07, 6.45) is 2.64. The summed E-state index contributed by atoms with van der Waals surface area (Å²) >= 11 is 0. The first kappa shape index (κ1) is 16.9. The summed E-state index contributed by atoms with van der Waals surface area (Å²) in [7, 11) is 1.60. The minimum Gasteiger partial charge on any atom is -0.466 e. The number of rotatable bonds is 10. The molecule has 0 rings (SSSR count). The molecule has 0 aliphatic rings. The standard InChI is InChI=1S/C13H25NO4/c1-4-6-7-12(15)14(10-11-17-3)9-8-13(16)18-5-2/h4-11H2,1-3H3. The number of hydrogen-bond donors (Lipinski definition) is 0. The molecular weight excluding hydrogens is 234 g/mol. The summed E-state index contributed by atoms with van der Waals surface area (Å²) in [5, 5.41) is 0. The van der Waals surface area contributed by atoms with E-state index >= 15 is 0 Å². The van der Waals surface area contributed by atoms with Gasteiger partial charge in [-0.2, -0.15) is 0 Å². The van der Waals surface area contributed by atoms with Gasteiger partial charge in [0.2, 0.25) is 5.91 Å². The Morgan fingerprint density at radius 3 is 2.39 bits per heavy atom. The fraction of sp³-hybridized carbons (Fsp3) is 0.846. The van der Waals surface area contributed by atoms with Crippen LogP contribution < -0.4 is 0 Å². The average molecular weight is 259 g/mol. The van der Waals surface area contributed by atoms with E-state index < -0.39 is 0 Å². The van der Waals surface area contributed by atoms with Gasteiger partial charge in [0.25, 0.3) is 0 Å². The molecule has 0 heterocycles. The fourth-order valence-corrected chi connectivity index (χ4v) is 1.51. The van der Waals surface area contributed by atoms with E-state index in [2.05, 4.69) is 0 Å². The van der Waals surface area contributed by atoms with Crippen LogP contribution in [-0.2, 0) is 19.1 Å². The van der Waals surface area contributed by atoms with Crippen LogP contribution in [0.5, 0.6) is 0 Å². The van der Waals surface area contributed by atoms with E-state index in [1.54, 1.807) is 18.9 Å². The molecule has 0 saturated heterocycles. The molecule has 18 heavy (non-hydrogen) atoms. The van der Waals surface area contributed by atoms with Crippen molar-refractivity contribution < 1.29 is 19.1 Å². The van der Waals surface area contributed by atoms with Gasteiger partial charge in [-0.25, -0.2) is 0 Å². The molecule has 0 bridgehead atoms. The van der Waals surface area contributed by atoms with Crippen molar-refractivity contribution in [3.8, 4) is 0 Å². The van der Waals surface area contributed by atoms with Gasteiger partial charge < -0.3 is 14.4 Å². The molecule has 0 aromatic rings. The van der Waals surface area contributed by atoms with Gasteiger partial charge in [0.15, 0.2) is 0 Å². The second-order valence-electron chi connectivity index (χ2n) is 4.03. The number of ether oxygens (including phenoxy) is 2. The average Bonchev–Trinajstić information content (AvgIpc) is 2.36. The van der Waals surface area contributed by atoms with E-state index in [4.69, 9.17) is 9.47 Å². The second kappa shape index (κ2) is 11.0. The molecule has 0 radical (unpaired) electrons. The number of esters is 1. The third-order valence-corrected chi connectivity index (χ3v) is 2.55. The zero-order valence-electron chi connectivity index (χ0n) is 11.7. The first-order valence-electron chi connectivity index (χ1n) is 6.58. The Morgan fingerprint density at radius 2 is 1.83 bits per heavy atom. The summed E-state index contributed by atoms with van der Waals surface area (Å²) in [6, 6.07) is 0. The monoisotopic (exact) mass is 259 g/mol. The largest absolute Gasteiger partial charge is 0.466 e. The van der Waals surface area contributed by atoms with E-state index in [0.717, 1.165) is 12.8 Å². The van der Waals surface area contributed by atoms with Crippen molar-refractivity contribution in [1.29, 1.82) is 0 Å². The number of hydrogen-bond acceptors (Lipinski definition) is 4. The van der Waals surface area contributed by atoms with E-state index in [1.165, 1.54) is 0 Å². The van der Waals surface area contributed by atoms with Gasteiger partial charge in [0.05, 0.1) is 19.6 Å². The maximum absolute atomic E-state index is 11.9. The molecule has 0 aromatic carbocycles. The van der Waals surface area contributed by atoms with Crippen molar-refractivity contribution >= 4 is 11.9 Å². The van der Waals surface area contributed by atoms with Gasteiger partial charge in [-0.05, 0) is 13.3 Å². The lowest BCUT2D eigenvalue weighted by Gasteiger charge is -2.22. The second-order valence-corrected chi connectivity index (χ2v) is 4.03. The highest BCUT2D eigenvalue weighted by Crippen LogP contribution is 2.02. The number of carbonyl (C=O) groups is 2. The van der Waals surface area contributed by atoms with Crippen LogP contribution in [0.3, 0.4) is 0 Å². The van der Waals surface area contributed by atoms with Crippen molar-refractivity contribution in [1.82, 2.24) is 4.90 Å². The van der Waals surface area contributed by atoms with Crippen LogP contribution in [0.1, 0.15) is 39.5 Å². The fourth-order valence-electron chi connectivity index (χ4n) is 1.51.